The lowest BCUT2D eigenvalue weighted by Gasteiger charge is -2.36. The van der Waals surface area contributed by atoms with Gasteiger partial charge in [0.05, 0.1) is 43.1 Å². The summed E-state index contributed by atoms with van der Waals surface area (Å²) >= 11 is 1.49. The molecule has 0 saturated carbocycles. The second-order valence-corrected chi connectivity index (χ2v) is 10.4. The molecule has 1 unspecified atom stereocenters. The molecule has 8 nitrogen and oxygen atoms in total. The third-order valence-electron chi connectivity index (χ3n) is 6.38. The van der Waals surface area contributed by atoms with Crippen LogP contribution in [0, 0.1) is 6.92 Å². The molecular formula is C27H36N4O4S. The number of fused-ring (bicyclic) bond motifs is 1. The standard InChI is InChI=1S/C27H36N4O4S/c1-18(2)35-26(33)24-20(4)29-27-31(25(24)21-8-6-19(3)7-9-21)22(17-36-27)16-23(32)28-10-5-11-30-12-14-34-15-13-30/h6-9,17-18,25H,5,10-16H2,1-4H3,(H,28,32). The van der Waals surface area contributed by atoms with Crippen LogP contribution < -0.4 is 5.32 Å². The Morgan fingerprint density at radius 1 is 1.19 bits per heavy atom. The van der Waals surface area contributed by atoms with E-state index in [-0.39, 0.29) is 24.4 Å². The molecule has 1 aromatic carbocycles. The normalized spacial score (nSPS) is 20.2. The lowest BCUT2D eigenvalue weighted by Crippen LogP contribution is -2.39. The van der Waals surface area contributed by atoms with Gasteiger partial charge in [-0.25, -0.2) is 9.79 Å². The Balaban J connectivity index is 1.47. The van der Waals surface area contributed by atoms with E-state index in [0.29, 0.717) is 17.8 Å². The van der Waals surface area contributed by atoms with E-state index in [1.807, 2.05) is 62.3 Å². The number of nitrogens with zero attached hydrogens (tertiary/aromatic N) is 3. The van der Waals surface area contributed by atoms with Crippen molar-refractivity contribution >= 4 is 28.8 Å². The fourth-order valence-corrected chi connectivity index (χ4v) is 5.52. The lowest BCUT2D eigenvalue weighted by atomic mass is 9.93. The van der Waals surface area contributed by atoms with Crippen molar-refractivity contribution in [1.82, 2.24) is 15.1 Å². The number of benzene rings is 1. The molecule has 194 valence electrons. The average Bonchev–Trinajstić information content (AvgIpc) is 3.23. The molecule has 4 rings (SSSR count). The second kappa shape index (κ2) is 12.1. The molecular weight excluding hydrogens is 476 g/mol. The zero-order chi connectivity index (χ0) is 25.7. The van der Waals surface area contributed by atoms with Gasteiger partial charge in [-0.1, -0.05) is 41.6 Å². The number of carbonyl (C=O) groups is 2. The van der Waals surface area contributed by atoms with Gasteiger partial charge in [0.2, 0.25) is 5.91 Å². The van der Waals surface area contributed by atoms with Gasteiger partial charge in [-0.3, -0.25) is 9.69 Å². The van der Waals surface area contributed by atoms with Gasteiger partial charge in [0.1, 0.15) is 0 Å². The number of amidine groups is 1. The fourth-order valence-electron chi connectivity index (χ4n) is 4.55. The van der Waals surface area contributed by atoms with Crippen LogP contribution in [-0.4, -0.2) is 72.3 Å². The molecule has 1 fully saturated rings. The fraction of sp³-hybridized carbons (Fsp3) is 0.519. The van der Waals surface area contributed by atoms with Crippen molar-refractivity contribution < 1.29 is 19.1 Å². The molecule has 36 heavy (non-hydrogen) atoms. The number of carbonyl (C=O) groups excluding carboxylic acids is 2. The Hall–Kier alpha value is -2.62. The number of amides is 1. The van der Waals surface area contributed by atoms with Crippen molar-refractivity contribution in [3.05, 3.63) is 57.8 Å². The van der Waals surface area contributed by atoms with Crippen LogP contribution in [0.4, 0.5) is 0 Å². The largest absolute Gasteiger partial charge is 0.459 e. The summed E-state index contributed by atoms with van der Waals surface area (Å²) in [4.78, 5) is 35.2. The summed E-state index contributed by atoms with van der Waals surface area (Å²) in [5.41, 5.74) is 4.08. The second-order valence-electron chi connectivity index (χ2n) is 9.59. The molecule has 0 aromatic heterocycles. The third kappa shape index (κ3) is 6.38. The van der Waals surface area contributed by atoms with Crippen molar-refractivity contribution in [3.63, 3.8) is 0 Å². The van der Waals surface area contributed by atoms with E-state index >= 15 is 0 Å². The Morgan fingerprint density at radius 2 is 1.92 bits per heavy atom. The van der Waals surface area contributed by atoms with Gasteiger partial charge in [-0.05, 0) is 51.6 Å². The predicted molar refractivity (Wildman–Crippen MR) is 142 cm³/mol. The van der Waals surface area contributed by atoms with Gasteiger partial charge in [-0.2, -0.15) is 0 Å². The topological polar surface area (TPSA) is 83.5 Å². The van der Waals surface area contributed by atoms with Crippen LogP contribution in [-0.2, 0) is 19.1 Å². The van der Waals surface area contributed by atoms with Crippen molar-refractivity contribution in [2.75, 3.05) is 39.4 Å². The highest BCUT2D eigenvalue weighted by atomic mass is 32.2. The van der Waals surface area contributed by atoms with Gasteiger partial charge >= 0.3 is 5.97 Å². The molecule has 3 heterocycles. The Bertz CT molecular complexity index is 1060. The van der Waals surface area contributed by atoms with Crippen LogP contribution in [0.1, 0.15) is 50.8 Å². The van der Waals surface area contributed by atoms with Crippen LogP contribution in [0.25, 0.3) is 0 Å². The number of rotatable bonds is 9. The van der Waals surface area contributed by atoms with Crippen LogP contribution in [0.2, 0.25) is 0 Å². The highest BCUT2D eigenvalue weighted by Crippen LogP contribution is 2.44. The van der Waals surface area contributed by atoms with Crippen molar-refractivity contribution in [2.24, 2.45) is 4.99 Å². The highest BCUT2D eigenvalue weighted by Gasteiger charge is 2.41. The van der Waals surface area contributed by atoms with Gasteiger partial charge in [0.15, 0.2) is 5.17 Å². The Morgan fingerprint density at radius 3 is 2.61 bits per heavy atom. The van der Waals surface area contributed by atoms with E-state index in [1.54, 1.807) is 0 Å². The van der Waals surface area contributed by atoms with E-state index in [0.717, 1.165) is 61.3 Å². The molecule has 0 aliphatic carbocycles. The average molecular weight is 513 g/mol. The number of aliphatic imine (C=N–C) groups is 1. The predicted octanol–water partition coefficient (Wildman–Crippen LogP) is 3.75. The van der Waals surface area contributed by atoms with Crippen LogP contribution in [0.3, 0.4) is 0 Å². The molecule has 0 radical (unpaired) electrons. The zero-order valence-corrected chi connectivity index (χ0v) is 22.4. The maximum Gasteiger partial charge on any atom is 0.338 e. The van der Waals surface area contributed by atoms with Crippen molar-refractivity contribution in [3.8, 4) is 0 Å². The monoisotopic (exact) mass is 512 g/mol. The summed E-state index contributed by atoms with van der Waals surface area (Å²) in [5, 5.41) is 5.80. The minimum atomic E-state index is -0.403. The van der Waals surface area contributed by atoms with Crippen LogP contribution >= 0.6 is 11.8 Å². The molecule has 1 saturated heterocycles. The Labute approximate surface area is 217 Å². The number of allylic oxidation sites excluding steroid dienone is 1. The SMILES string of the molecule is CC1=C(C(=O)OC(C)C)C(c2ccc(C)cc2)N2C(CC(=O)NCCCN3CCOCC3)=CSC2=N1. The summed E-state index contributed by atoms with van der Waals surface area (Å²) in [7, 11) is 0. The first-order valence-corrected chi connectivity index (χ1v) is 13.5. The molecule has 1 amide bonds. The number of hydrogen-bond acceptors (Lipinski definition) is 8. The lowest BCUT2D eigenvalue weighted by molar-refractivity contribution is -0.143. The van der Waals surface area contributed by atoms with Gasteiger partial charge in [0, 0.05) is 25.3 Å². The minimum absolute atomic E-state index is 0.0367. The van der Waals surface area contributed by atoms with E-state index in [2.05, 4.69) is 10.2 Å². The van der Waals surface area contributed by atoms with Gasteiger partial charge in [0.25, 0.3) is 0 Å². The summed E-state index contributed by atoms with van der Waals surface area (Å²) in [6.45, 7) is 12.6. The number of thioether (sulfide) groups is 1. The molecule has 1 N–H and O–H groups in total. The maximum atomic E-state index is 13.2. The first kappa shape index (κ1) is 26.4. The number of aryl methyl sites for hydroxylation is 1. The van der Waals surface area contributed by atoms with Crippen molar-refractivity contribution in [1.29, 1.82) is 0 Å². The van der Waals surface area contributed by atoms with Crippen LogP contribution in [0.15, 0.2) is 51.6 Å². The van der Waals surface area contributed by atoms with Crippen molar-refractivity contribution in [2.45, 2.75) is 52.7 Å². The van der Waals surface area contributed by atoms with E-state index in [1.165, 1.54) is 11.8 Å². The molecule has 9 heteroatoms. The van der Waals surface area contributed by atoms with E-state index in [9.17, 15) is 9.59 Å². The smallest absolute Gasteiger partial charge is 0.338 e. The highest BCUT2D eigenvalue weighted by molar-refractivity contribution is 8.16. The molecule has 3 aliphatic rings. The first-order chi connectivity index (χ1) is 17.3. The summed E-state index contributed by atoms with van der Waals surface area (Å²) in [5.74, 6) is -0.412. The number of esters is 1. The molecule has 0 bridgehead atoms. The molecule has 1 atom stereocenters. The number of nitrogens with one attached hydrogen (secondary N) is 1. The molecule has 3 aliphatic heterocycles. The number of hydrogen-bond donors (Lipinski definition) is 1. The quantitative estimate of drug-likeness (QED) is 0.399. The van der Waals surface area contributed by atoms with E-state index < -0.39 is 6.04 Å². The minimum Gasteiger partial charge on any atom is -0.459 e. The third-order valence-corrected chi connectivity index (χ3v) is 7.26. The summed E-state index contributed by atoms with van der Waals surface area (Å²) in [6.07, 6.45) is 0.875. The maximum absolute atomic E-state index is 13.2. The van der Waals surface area contributed by atoms with Gasteiger partial charge < -0.3 is 19.7 Å². The number of morpholine rings is 1. The first-order valence-electron chi connectivity index (χ1n) is 12.6. The molecule has 1 aromatic rings. The molecule has 0 spiro atoms. The Kier molecular flexibility index (Phi) is 8.87. The zero-order valence-electron chi connectivity index (χ0n) is 21.6. The van der Waals surface area contributed by atoms with Crippen LogP contribution in [0.5, 0.6) is 0 Å². The summed E-state index contributed by atoms with van der Waals surface area (Å²) < 4.78 is 11.0. The van der Waals surface area contributed by atoms with E-state index in [4.69, 9.17) is 14.5 Å². The summed E-state index contributed by atoms with van der Waals surface area (Å²) in [6, 6.07) is 7.74. The van der Waals surface area contributed by atoms with Gasteiger partial charge in [-0.15, -0.1) is 0 Å². The number of ether oxygens (including phenoxy) is 2.